The van der Waals surface area contributed by atoms with E-state index in [0.29, 0.717) is 6.61 Å². The first-order valence-corrected chi connectivity index (χ1v) is 6.14. The third-order valence-electron chi connectivity index (χ3n) is 3.35. The first-order chi connectivity index (χ1) is 8.24. The smallest absolute Gasteiger partial charge is 0.117 e. The summed E-state index contributed by atoms with van der Waals surface area (Å²) in [5.74, 6) is 0.956. The zero-order chi connectivity index (χ0) is 12.1. The van der Waals surface area contributed by atoms with Crippen LogP contribution in [0.1, 0.15) is 18.6 Å². The molecule has 1 aromatic heterocycles. The number of hydrogen-bond acceptors (Lipinski definition) is 4. The summed E-state index contributed by atoms with van der Waals surface area (Å²) in [5, 5.41) is 9.59. The SMILES string of the molecule is CN(Cc1ccco1)CC1(CO)CCCOC1. The minimum Gasteiger partial charge on any atom is -0.468 e. The molecule has 4 heteroatoms. The van der Waals surface area contributed by atoms with E-state index in [1.807, 2.05) is 12.1 Å². The second-order valence-corrected chi connectivity index (χ2v) is 5.07. The summed E-state index contributed by atoms with van der Waals surface area (Å²) in [6.07, 6.45) is 3.76. The fourth-order valence-electron chi connectivity index (χ4n) is 2.51. The molecule has 96 valence electrons. The number of nitrogens with zero attached hydrogens (tertiary/aromatic N) is 1. The Kier molecular flexibility index (Phi) is 4.20. The van der Waals surface area contributed by atoms with E-state index in [9.17, 15) is 5.11 Å². The van der Waals surface area contributed by atoms with Crippen molar-refractivity contribution in [3.63, 3.8) is 0 Å². The number of hydrogen-bond donors (Lipinski definition) is 1. The average Bonchev–Trinajstić information content (AvgIpc) is 2.83. The summed E-state index contributed by atoms with van der Waals surface area (Å²) in [7, 11) is 2.05. The van der Waals surface area contributed by atoms with E-state index in [4.69, 9.17) is 9.15 Å². The maximum absolute atomic E-state index is 9.59. The van der Waals surface area contributed by atoms with Gasteiger partial charge in [0.15, 0.2) is 0 Å². The fraction of sp³-hybridized carbons (Fsp3) is 0.692. The van der Waals surface area contributed by atoms with Gasteiger partial charge in [0.2, 0.25) is 0 Å². The third kappa shape index (κ3) is 3.31. The van der Waals surface area contributed by atoms with Gasteiger partial charge in [-0.25, -0.2) is 0 Å². The molecule has 1 atom stereocenters. The molecular formula is C13H21NO3. The number of aliphatic hydroxyl groups excluding tert-OH is 1. The molecule has 4 nitrogen and oxygen atoms in total. The van der Waals surface area contributed by atoms with Gasteiger partial charge in [0.25, 0.3) is 0 Å². The highest BCUT2D eigenvalue weighted by molar-refractivity contribution is 4.98. The highest BCUT2D eigenvalue weighted by Crippen LogP contribution is 2.29. The minimum atomic E-state index is -0.0976. The Balaban J connectivity index is 1.89. The van der Waals surface area contributed by atoms with Gasteiger partial charge in [0.05, 0.1) is 26.0 Å². The van der Waals surface area contributed by atoms with E-state index in [0.717, 1.165) is 38.3 Å². The summed E-state index contributed by atoms with van der Waals surface area (Å²) in [6, 6.07) is 3.87. The van der Waals surface area contributed by atoms with Crippen LogP contribution in [0, 0.1) is 5.41 Å². The number of ether oxygens (including phenoxy) is 1. The Morgan fingerprint density at radius 1 is 1.53 bits per heavy atom. The predicted octanol–water partition coefficient (Wildman–Crippen LogP) is 1.50. The molecule has 1 fully saturated rings. The molecule has 1 saturated heterocycles. The van der Waals surface area contributed by atoms with Crippen LogP contribution in [0.2, 0.25) is 0 Å². The molecule has 1 N–H and O–H groups in total. The molecule has 0 amide bonds. The number of rotatable bonds is 5. The molecule has 0 aliphatic carbocycles. The zero-order valence-corrected chi connectivity index (χ0v) is 10.4. The van der Waals surface area contributed by atoms with Crippen LogP contribution in [-0.2, 0) is 11.3 Å². The molecule has 1 unspecified atom stereocenters. The summed E-state index contributed by atoms with van der Waals surface area (Å²) in [5.41, 5.74) is -0.0976. The van der Waals surface area contributed by atoms with E-state index in [2.05, 4.69) is 11.9 Å². The van der Waals surface area contributed by atoms with Gasteiger partial charge >= 0.3 is 0 Å². The topological polar surface area (TPSA) is 45.8 Å². The van der Waals surface area contributed by atoms with E-state index < -0.39 is 0 Å². The van der Waals surface area contributed by atoms with Gasteiger partial charge in [0, 0.05) is 18.6 Å². The van der Waals surface area contributed by atoms with E-state index in [-0.39, 0.29) is 12.0 Å². The monoisotopic (exact) mass is 239 g/mol. The quantitative estimate of drug-likeness (QED) is 0.846. The molecule has 0 bridgehead atoms. The van der Waals surface area contributed by atoms with Crippen molar-refractivity contribution in [3.05, 3.63) is 24.2 Å². The molecule has 0 spiro atoms. The van der Waals surface area contributed by atoms with Crippen LogP contribution >= 0.6 is 0 Å². The molecule has 2 heterocycles. The molecular weight excluding hydrogens is 218 g/mol. The van der Waals surface area contributed by atoms with Gasteiger partial charge in [-0.05, 0) is 32.0 Å². The molecule has 1 aromatic rings. The van der Waals surface area contributed by atoms with E-state index in [1.165, 1.54) is 0 Å². The normalized spacial score (nSPS) is 25.4. The largest absolute Gasteiger partial charge is 0.468 e. The molecule has 17 heavy (non-hydrogen) atoms. The minimum absolute atomic E-state index is 0.0976. The Bertz CT molecular complexity index is 317. The highest BCUT2D eigenvalue weighted by atomic mass is 16.5. The average molecular weight is 239 g/mol. The van der Waals surface area contributed by atoms with Crippen molar-refractivity contribution in [2.45, 2.75) is 19.4 Å². The van der Waals surface area contributed by atoms with E-state index in [1.54, 1.807) is 6.26 Å². The van der Waals surface area contributed by atoms with Crippen molar-refractivity contribution in [3.8, 4) is 0 Å². The summed E-state index contributed by atoms with van der Waals surface area (Å²) < 4.78 is 10.8. The molecule has 1 aliphatic heterocycles. The van der Waals surface area contributed by atoms with Crippen molar-refractivity contribution in [1.29, 1.82) is 0 Å². The van der Waals surface area contributed by atoms with Crippen molar-refractivity contribution in [1.82, 2.24) is 4.90 Å². The maximum Gasteiger partial charge on any atom is 0.117 e. The van der Waals surface area contributed by atoms with Crippen LogP contribution in [-0.4, -0.2) is 43.4 Å². The Hall–Kier alpha value is -0.840. The lowest BCUT2D eigenvalue weighted by Gasteiger charge is -2.38. The number of furan rings is 1. The van der Waals surface area contributed by atoms with Gasteiger partial charge in [-0.15, -0.1) is 0 Å². The molecule has 0 saturated carbocycles. The fourth-order valence-corrected chi connectivity index (χ4v) is 2.51. The van der Waals surface area contributed by atoms with Crippen molar-refractivity contribution in [2.75, 3.05) is 33.4 Å². The van der Waals surface area contributed by atoms with Crippen LogP contribution < -0.4 is 0 Å². The van der Waals surface area contributed by atoms with Crippen LogP contribution in [0.25, 0.3) is 0 Å². The van der Waals surface area contributed by atoms with Crippen LogP contribution in [0.3, 0.4) is 0 Å². The summed E-state index contributed by atoms with van der Waals surface area (Å²) in [6.45, 7) is 3.28. The van der Waals surface area contributed by atoms with Crippen molar-refractivity contribution in [2.24, 2.45) is 5.41 Å². The molecule has 0 radical (unpaired) electrons. The van der Waals surface area contributed by atoms with Crippen LogP contribution in [0.4, 0.5) is 0 Å². The lowest BCUT2D eigenvalue weighted by atomic mass is 9.83. The second-order valence-electron chi connectivity index (χ2n) is 5.07. The van der Waals surface area contributed by atoms with Gasteiger partial charge in [0.1, 0.15) is 5.76 Å². The Morgan fingerprint density at radius 3 is 3.00 bits per heavy atom. The molecule has 0 aromatic carbocycles. The zero-order valence-electron chi connectivity index (χ0n) is 10.4. The van der Waals surface area contributed by atoms with Crippen molar-refractivity contribution >= 4 is 0 Å². The second kappa shape index (κ2) is 5.67. The van der Waals surface area contributed by atoms with Gasteiger partial charge in [-0.3, -0.25) is 4.90 Å². The van der Waals surface area contributed by atoms with Gasteiger partial charge in [-0.2, -0.15) is 0 Å². The summed E-state index contributed by atoms with van der Waals surface area (Å²) >= 11 is 0. The maximum atomic E-state index is 9.59. The lowest BCUT2D eigenvalue weighted by molar-refractivity contribution is -0.0536. The Labute approximate surface area is 102 Å². The van der Waals surface area contributed by atoms with E-state index >= 15 is 0 Å². The van der Waals surface area contributed by atoms with Gasteiger partial charge < -0.3 is 14.3 Å². The summed E-state index contributed by atoms with van der Waals surface area (Å²) in [4.78, 5) is 2.18. The van der Waals surface area contributed by atoms with Crippen LogP contribution in [0.5, 0.6) is 0 Å². The lowest BCUT2D eigenvalue weighted by Crippen LogP contribution is -2.44. The van der Waals surface area contributed by atoms with Gasteiger partial charge in [-0.1, -0.05) is 0 Å². The highest BCUT2D eigenvalue weighted by Gasteiger charge is 2.33. The Morgan fingerprint density at radius 2 is 2.41 bits per heavy atom. The standard InChI is InChI=1S/C13H21NO3/c1-14(8-12-4-2-7-17-12)9-13(10-15)5-3-6-16-11-13/h2,4,7,15H,3,5-6,8-11H2,1H3. The van der Waals surface area contributed by atoms with Crippen molar-refractivity contribution < 1.29 is 14.3 Å². The third-order valence-corrected chi connectivity index (χ3v) is 3.35. The number of aliphatic hydroxyl groups is 1. The molecule has 2 rings (SSSR count). The molecule has 1 aliphatic rings. The predicted molar refractivity (Wildman–Crippen MR) is 64.6 cm³/mol. The first kappa shape index (κ1) is 12.6. The first-order valence-electron chi connectivity index (χ1n) is 6.14. The van der Waals surface area contributed by atoms with Crippen LogP contribution in [0.15, 0.2) is 22.8 Å².